The molecule has 0 bridgehead atoms. The third kappa shape index (κ3) is 2.37. The molecule has 0 aliphatic carbocycles. The van der Waals surface area contributed by atoms with Crippen molar-refractivity contribution in [1.29, 1.82) is 5.26 Å². The maximum Gasteiger partial charge on any atom is 0.127 e. The second-order valence-corrected chi connectivity index (χ2v) is 3.16. The Hall–Kier alpha value is -2.34. The van der Waals surface area contributed by atoms with Crippen LogP contribution in [0.25, 0.3) is 0 Å². The molecule has 1 aromatic heterocycles. The summed E-state index contributed by atoms with van der Waals surface area (Å²) in [6, 6.07) is 14.2. The number of rotatable bonds is 3. The van der Waals surface area contributed by atoms with E-state index in [1.54, 1.807) is 18.3 Å². The number of para-hydroxylation sites is 1. The van der Waals surface area contributed by atoms with Crippen molar-refractivity contribution >= 4 is 0 Å². The van der Waals surface area contributed by atoms with Crippen molar-refractivity contribution in [3.05, 3.63) is 59.9 Å². The topological polar surface area (TPSA) is 45.9 Å². The van der Waals surface area contributed by atoms with E-state index in [-0.39, 0.29) is 0 Å². The van der Waals surface area contributed by atoms with Crippen LogP contribution in [0.2, 0.25) is 0 Å². The Bertz CT molecular complexity index is 503. The molecule has 16 heavy (non-hydrogen) atoms. The van der Waals surface area contributed by atoms with Gasteiger partial charge in [0.1, 0.15) is 18.4 Å². The molecule has 3 nitrogen and oxygen atoms in total. The van der Waals surface area contributed by atoms with E-state index in [2.05, 4.69) is 17.1 Å². The Morgan fingerprint density at radius 3 is 3.06 bits per heavy atom. The summed E-state index contributed by atoms with van der Waals surface area (Å²) in [7, 11) is 0. The largest absolute Gasteiger partial charge is 0.488 e. The van der Waals surface area contributed by atoms with Gasteiger partial charge in [-0.3, -0.25) is 4.98 Å². The third-order valence-electron chi connectivity index (χ3n) is 2.10. The van der Waals surface area contributed by atoms with E-state index in [4.69, 9.17) is 10.00 Å². The maximum absolute atomic E-state index is 8.86. The highest BCUT2D eigenvalue weighted by atomic mass is 16.5. The Labute approximate surface area is 93.9 Å². The molecule has 0 amide bonds. The lowest BCUT2D eigenvalue weighted by atomic mass is 10.2. The number of nitriles is 1. The van der Waals surface area contributed by atoms with Gasteiger partial charge in [0.2, 0.25) is 0 Å². The van der Waals surface area contributed by atoms with Crippen molar-refractivity contribution in [2.24, 2.45) is 0 Å². The number of hydrogen-bond acceptors (Lipinski definition) is 3. The fourth-order valence-electron chi connectivity index (χ4n) is 1.27. The summed E-state index contributed by atoms with van der Waals surface area (Å²) >= 11 is 0. The normalized spacial score (nSPS) is 9.44. The summed E-state index contributed by atoms with van der Waals surface area (Å²) in [5.74, 6) is 0.670. The smallest absolute Gasteiger partial charge is 0.127 e. The van der Waals surface area contributed by atoms with Gasteiger partial charge >= 0.3 is 0 Å². The Morgan fingerprint density at radius 2 is 2.31 bits per heavy atom. The minimum atomic E-state index is 0.353. The first-order valence-electron chi connectivity index (χ1n) is 4.82. The first-order chi connectivity index (χ1) is 7.90. The Balaban J connectivity index is 2.09. The van der Waals surface area contributed by atoms with Crippen molar-refractivity contribution in [2.75, 3.05) is 0 Å². The van der Waals surface area contributed by atoms with E-state index >= 15 is 0 Å². The minimum Gasteiger partial charge on any atom is -0.488 e. The van der Waals surface area contributed by atoms with Crippen molar-refractivity contribution in [3.63, 3.8) is 0 Å². The molecule has 3 heteroatoms. The fourth-order valence-corrected chi connectivity index (χ4v) is 1.27. The van der Waals surface area contributed by atoms with Gasteiger partial charge < -0.3 is 4.74 Å². The van der Waals surface area contributed by atoms with Gasteiger partial charge in [0, 0.05) is 24.0 Å². The molecule has 0 atom stereocenters. The monoisotopic (exact) mass is 209 g/mol. The van der Waals surface area contributed by atoms with E-state index in [1.807, 2.05) is 18.2 Å². The van der Waals surface area contributed by atoms with Gasteiger partial charge in [-0.25, -0.2) is 0 Å². The van der Waals surface area contributed by atoms with Crippen molar-refractivity contribution in [3.8, 4) is 11.8 Å². The number of ether oxygens (including phenoxy) is 1. The molecule has 0 fully saturated rings. The molecule has 0 aliphatic heterocycles. The van der Waals surface area contributed by atoms with Gasteiger partial charge in [-0.15, -0.1) is 0 Å². The molecule has 0 spiro atoms. The molecular weight excluding hydrogens is 200 g/mol. The average molecular weight is 209 g/mol. The highest BCUT2D eigenvalue weighted by Gasteiger charge is 2.01. The quantitative estimate of drug-likeness (QED) is 0.779. The van der Waals surface area contributed by atoms with Gasteiger partial charge in [-0.05, 0) is 12.1 Å². The molecule has 0 aliphatic rings. The predicted octanol–water partition coefficient (Wildman–Crippen LogP) is 2.33. The molecule has 0 unspecified atom stereocenters. The Morgan fingerprint density at radius 1 is 1.38 bits per heavy atom. The van der Waals surface area contributed by atoms with Crippen LogP contribution >= 0.6 is 0 Å². The van der Waals surface area contributed by atoms with E-state index in [0.29, 0.717) is 17.9 Å². The highest BCUT2D eigenvalue weighted by molar-refractivity contribution is 5.34. The van der Waals surface area contributed by atoms with Crippen LogP contribution in [0, 0.1) is 17.4 Å². The molecule has 2 rings (SSSR count). The molecule has 0 saturated heterocycles. The summed E-state index contributed by atoms with van der Waals surface area (Å²) in [6.45, 7) is 0.353. The van der Waals surface area contributed by atoms with Gasteiger partial charge in [0.05, 0.1) is 5.56 Å². The van der Waals surface area contributed by atoms with Crippen LogP contribution in [-0.4, -0.2) is 4.98 Å². The van der Waals surface area contributed by atoms with Crippen LogP contribution in [0.5, 0.6) is 5.75 Å². The minimum absolute atomic E-state index is 0.353. The number of aromatic nitrogens is 1. The number of pyridine rings is 1. The number of hydrogen-bond donors (Lipinski definition) is 0. The molecule has 77 valence electrons. The van der Waals surface area contributed by atoms with Gasteiger partial charge in [0.15, 0.2) is 0 Å². The van der Waals surface area contributed by atoms with Crippen LogP contribution in [0.3, 0.4) is 0 Å². The van der Waals surface area contributed by atoms with Crippen molar-refractivity contribution in [1.82, 2.24) is 4.98 Å². The highest BCUT2D eigenvalue weighted by Crippen LogP contribution is 2.12. The molecular formula is C13H9N2O. The molecule has 1 heterocycles. The van der Waals surface area contributed by atoms with Gasteiger partial charge in [-0.1, -0.05) is 18.2 Å². The SMILES string of the molecule is N#Cc1cnccc1COc1[c]cccc1. The lowest BCUT2D eigenvalue weighted by Gasteiger charge is -2.06. The standard InChI is InChI=1S/C13H9N2O/c14-8-12-9-15-7-6-11(12)10-16-13-4-2-1-3-5-13/h1-4,6-7,9H,10H2. The molecule has 0 N–H and O–H groups in total. The van der Waals surface area contributed by atoms with Crippen LogP contribution in [0.4, 0.5) is 0 Å². The summed E-state index contributed by atoms with van der Waals surface area (Å²) in [5.41, 5.74) is 1.37. The lowest BCUT2D eigenvalue weighted by molar-refractivity contribution is 0.305. The zero-order chi connectivity index (χ0) is 11.2. The second kappa shape index (κ2) is 4.94. The molecule has 2 aromatic rings. The summed E-state index contributed by atoms with van der Waals surface area (Å²) in [4.78, 5) is 3.89. The summed E-state index contributed by atoms with van der Waals surface area (Å²) < 4.78 is 5.50. The zero-order valence-corrected chi connectivity index (χ0v) is 8.55. The average Bonchev–Trinajstić information content (AvgIpc) is 2.38. The van der Waals surface area contributed by atoms with Crippen molar-refractivity contribution in [2.45, 2.75) is 6.61 Å². The van der Waals surface area contributed by atoms with Crippen LogP contribution in [-0.2, 0) is 6.61 Å². The summed E-state index contributed by atoms with van der Waals surface area (Å²) in [5, 5.41) is 8.86. The van der Waals surface area contributed by atoms with E-state index in [9.17, 15) is 0 Å². The second-order valence-electron chi connectivity index (χ2n) is 3.16. The lowest BCUT2D eigenvalue weighted by Crippen LogP contribution is -1.98. The first-order valence-corrected chi connectivity index (χ1v) is 4.82. The first kappa shape index (κ1) is 10.2. The fraction of sp³-hybridized carbons (Fsp3) is 0.0769. The third-order valence-corrected chi connectivity index (χ3v) is 2.10. The number of nitrogens with zero attached hydrogens (tertiary/aromatic N) is 2. The van der Waals surface area contributed by atoms with Gasteiger partial charge in [-0.2, -0.15) is 5.26 Å². The molecule has 1 radical (unpaired) electrons. The van der Waals surface area contributed by atoms with E-state index in [0.717, 1.165) is 5.56 Å². The van der Waals surface area contributed by atoms with Crippen LogP contribution in [0.1, 0.15) is 11.1 Å². The van der Waals surface area contributed by atoms with Gasteiger partial charge in [0.25, 0.3) is 0 Å². The van der Waals surface area contributed by atoms with Crippen molar-refractivity contribution < 1.29 is 4.74 Å². The Kier molecular flexibility index (Phi) is 3.15. The van der Waals surface area contributed by atoms with E-state index < -0.39 is 0 Å². The predicted molar refractivity (Wildman–Crippen MR) is 58.6 cm³/mol. The van der Waals surface area contributed by atoms with Crippen LogP contribution < -0.4 is 4.74 Å². The molecule has 0 saturated carbocycles. The maximum atomic E-state index is 8.86. The zero-order valence-electron chi connectivity index (χ0n) is 8.55. The van der Waals surface area contributed by atoms with Crippen LogP contribution in [0.15, 0.2) is 42.7 Å². The van der Waals surface area contributed by atoms with E-state index in [1.165, 1.54) is 6.20 Å². The summed E-state index contributed by atoms with van der Waals surface area (Å²) in [6.07, 6.45) is 3.18. The number of benzene rings is 1. The molecule has 1 aromatic carbocycles.